The maximum absolute atomic E-state index is 13.3. The highest BCUT2D eigenvalue weighted by molar-refractivity contribution is 5.85. The topological polar surface area (TPSA) is 53.6 Å². The van der Waals surface area contributed by atoms with Crippen molar-refractivity contribution in [2.75, 3.05) is 5.32 Å². The summed E-state index contributed by atoms with van der Waals surface area (Å²) in [4.78, 5) is 11.7. The molecular weight excluding hydrogens is 353 g/mol. The number of hydrogen-bond donors (Lipinski definition) is 2. The van der Waals surface area contributed by atoms with Gasteiger partial charge in [0.1, 0.15) is 11.5 Å². The van der Waals surface area contributed by atoms with Crippen molar-refractivity contribution >= 4 is 16.9 Å². The Labute approximate surface area is 153 Å². The molecule has 7 heteroatoms. The van der Waals surface area contributed by atoms with Crippen LogP contribution in [0.15, 0.2) is 66.9 Å². The number of aromatic nitrogens is 3. The first-order valence-electron chi connectivity index (χ1n) is 8.31. The number of H-pyrrole nitrogens is 1. The number of halogens is 3. The average molecular weight is 368 g/mol. The predicted molar refractivity (Wildman–Crippen MR) is 98.1 cm³/mol. The summed E-state index contributed by atoms with van der Waals surface area (Å²) in [6.07, 6.45) is -2.71. The largest absolute Gasteiger partial charge is 0.417 e. The van der Waals surface area contributed by atoms with Crippen molar-refractivity contribution in [3.63, 3.8) is 0 Å². The van der Waals surface area contributed by atoms with E-state index in [1.165, 1.54) is 12.1 Å². The summed E-state index contributed by atoms with van der Waals surface area (Å²) in [6.45, 7) is 0.504. The van der Waals surface area contributed by atoms with E-state index in [2.05, 4.69) is 20.3 Å². The lowest BCUT2D eigenvalue weighted by Gasteiger charge is -2.11. The summed E-state index contributed by atoms with van der Waals surface area (Å²) in [5.41, 5.74) is 1.20. The van der Waals surface area contributed by atoms with Crippen LogP contribution < -0.4 is 5.32 Å². The summed E-state index contributed by atoms with van der Waals surface area (Å²) in [5.74, 6) is 0.616. The van der Waals surface area contributed by atoms with Crippen molar-refractivity contribution < 1.29 is 13.2 Å². The number of nitrogens with zero attached hydrogens (tertiary/aromatic N) is 2. The number of alkyl halides is 3. The number of benzene rings is 1. The Balaban J connectivity index is 1.64. The van der Waals surface area contributed by atoms with E-state index in [4.69, 9.17) is 0 Å². The quantitative estimate of drug-likeness (QED) is 0.517. The number of rotatable bonds is 4. The van der Waals surface area contributed by atoms with Crippen LogP contribution in [-0.4, -0.2) is 15.0 Å². The number of fused-ring (bicyclic) bond motifs is 1. The lowest BCUT2D eigenvalue weighted by atomic mass is 10.0. The molecule has 2 N–H and O–H groups in total. The second-order valence-corrected chi connectivity index (χ2v) is 6.04. The zero-order valence-electron chi connectivity index (χ0n) is 14.1. The van der Waals surface area contributed by atoms with Crippen molar-refractivity contribution in [3.8, 4) is 11.3 Å². The van der Waals surface area contributed by atoms with Gasteiger partial charge in [-0.05, 0) is 36.4 Å². The first-order valence-corrected chi connectivity index (χ1v) is 8.31. The molecule has 4 nitrogen and oxygen atoms in total. The van der Waals surface area contributed by atoms with Crippen molar-refractivity contribution in [2.45, 2.75) is 12.7 Å². The Bertz CT molecular complexity index is 1070. The van der Waals surface area contributed by atoms with Crippen LogP contribution >= 0.6 is 0 Å². The molecule has 4 rings (SSSR count). The highest BCUT2D eigenvalue weighted by Crippen LogP contribution is 2.37. The fraction of sp³-hybridized carbons (Fsp3) is 0.100. The molecule has 0 saturated carbocycles. The van der Waals surface area contributed by atoms with Crippen LogP contribution in [0.5, 0.6) is 0 Å². The number of pyridine rings is 2. The molecule has 0 unspecified atom stereocenters. The molecule has 4 aromatic rings. The number of hydrogen-bond acceptors (Lipinski definition) is 3. The van der Waals surface area contributed by atoms with Crippen LogP contribution in [0.25, 0.3) is 22.3 Å². The fourth-order valence-corrected chi connectivity index (χ4v) is 2.90. The molecule has 27 heavy (non-hydrogen) atoms. The van der Waals surface area contributed by atoms with Crippen LogP contribution in [0, 0.1) is 0 Å². The minimum Gasteiger partial charge on any atom is -0.364 e. The standard InChI is InChI=1S/C20H15F3N4/c21-20(22,23)16-7-2-1-6-15(16)17-11-13-8-9-18(27-19(13)26-17)25-12-14-5-3-4-10-24-14/h1-11H,12H2,(H2,25,26,27). The third-order valence-corrected chi connectivity index (χ3v) is 4.18. The van der Waals surface area contributed by atoms with E-state index in [0.29, 0.717) is 23.7 Å². The summed E-state index contributed by atoms with van der Waals surface area (Å²) in [6, 6.07) is 16.4. The van der Waals surface area contributed by atoms with Crippen LogP contribution in [0.4, 0.5) is 19.0 Å². The molecule has 3 aromatic heterocycles. The summed E-state index contributed by atoms with van der Waals surface area (Å²) < 4.78 is 39.8. The van der Waals surface area contributed by atoms with Gasteiger partial charge in [-0.25, -0.2) is 4.98 Å². The third-order valence-electron chi connectivity index (χ3n) is 4.18. The van der Waals surface area contributed by atoms with Gasteiger partial charge in [-0.2, -0.15) is 13.2 Å². The van der Waals surface area contributed by atoms with Gasteiger partial charge in [0, 0.05) is 22.8 Å². The Morgan fingerprint density at radius 1 is 0.963 bits per heavy atom. The van der Waals surface area contributed by atoms with Crippen molar-refractivity contribution in [3.05, 3.63) is 78.1 Å². The van der Waals surface area contributed by atoms with Gasteiger partial charge in [0.05, 0.1) is 17.8 Å². The van der Waals surface area contributed by atoms with Gasteiger partial charge < -0.3 is 10.3 Å². The first kappa shape index (κ1) is 17.1. The Hall–Kier alpha value is -3.35. The second kappa shape index (κ2) is 6.75. The summed E-state index contributed by atoms with van der Waals surface area (Å²) >= 11 is 0. The zero-order valence-corrected chi connectivity index (χ0v) is 14.1. The molecular formula is C20H15F3N4. The first-order chi connectivity index (χ1) is 13.0. The van der Waals surface area contributed by atoms with E-state index in [0.717, 1.165) is 17.1 Å². The maximum atomic E-state index is 13.3. The van der Waals surface area contributed by atoms with E-state index in [1.807, 2.05) is 24.3 Å². The molecule has 0 aliphatic heterocycles. The molecule has 1 aromatic carbocycles. The number of aromatic amines is 1. The van der Waals surface area contributed by atoms with Gasteiger partial charge >= 0.3 is 6.18 Å². The fourth-order valence-electron chi connectivity index (χ4n) is 2.90. The van der Waals surface area contributed by atoms with Crippen LogP contribution in [0.2, 0.25) is 0 Å². The minimum absolute atomic E-state index is 0.103. The SMILES string of the molecule is FC(F)(F)c1ccccc1-c1cc2ccc(NCc3ccccn3)nc2[nH]1. The molecule has 0 aliphatic rings. The van der Waals surface area contributed by atoms with Gasteiger partial charge in [0.2, 0.25) is 0 Å². The smallest absolute Gasteiger partial charge is 0.364 e. The van der Waals surface area contributed by atoms with Crippen LogP contribution in [0.1, 0.15) is 11.3 Å². The van der Waals surface area contributed by atoms with E-state index >= 15 is 0 Å². The predicted octanol–water partition coefficient (Wildman–Crippen LogP) is 5.26. The number of anilines is 1. The third kappa shape index (κ3) is 3.62. The van der Waals surface area contributed by atoms with E-state index < -0.39 is 11.7 Å². The van der Waals surface area contributed by atoms with Gasteiger partial charge in [0.15, 0.2) is 0 Å². The average Bonchev–Trinajstić information content (AvgIpc) is 3.10. The highest BCUT2D eigenvalue weighted by Gasteiger charge is 2.33. The number of nitrogens with one attached hydrogen (secondary N) is 2. The van der Waals surface area contributed by atoms with Gasteiger partial charge in [0.25, 0.3) is 0 Å². The van der Waals surface area contributed by atoms with Crippen molar-refractivity contribution in [1.29, 1.82) is 0 Å². The monoisotopic (exact) mass is 368 g/mol. The van der Waals surface area contributed by atoms with Gasteiger partial charge in [-0.1, -0.05) is 24.3 Å². The second-order valence-electron chi connectivity index (χ2n) is 6.04. The Kier molecular flexibility index (Phi) is 4.27. The van der Waals surface area contributed by atoms with E-state index in [1.54, 1.807) is 24.4 Å². The summed E-state index contributed by atoms with van der Waals surface area (Å²) in [5, 5.41) is 3.91. The van der Waals surface area contributed by atoms with E-state index in [-0.39, 0.29) is 5.56 Å². The minimum atomic E-state index is -4.42. The Morgan fingerprint density at radius 2 is 1.78 bits per heavy atom. The molecule has 0 spiro atoms. The Morgan fingerprint density at radius 3 is 2.56 bits per heavy atom. The molecule has 0 radical (unpaired) electrons. The highest BCUT2D eigenvalue weighted by atomic mass is 19.4. The van der Waals surface area contributed by atoms with Crippen molar-refractivity contribution in [2.24, 2.45) is 0 Å². The molecule has 0 saturated heterocycles. The lowest BCUT2D eigenvalue weighted by Crippen LogP contribution is -2.06. The molecule has 3 heterocycles. The lowest BCUT2D eigenvalue weighted by molar-refractivity contribution is -0.137. The molecule has 136 valence electrons. The zero-order chi connectivity index (χ0) is 18.9. The van der Waals surface area contributed by atoms with Gasteiger partial charge in [-0.3, -0.25) is 4.98 Å². The van der Waals surface area contributed by atoms with Gasteiger partial charge in [-0.15, -0.1) is 0 Å². The molecule has 0 fully saturated rings. The van der Waals surface area contributed by atoms with Crippen LogP contribution in [0.3, 0.4) is 0 Å². The maximum Gasteiger partial charge on any atom is 0.417 e. The normalized spacial score (nSPS) is 11.7. The molecule has 0 bridgehead atoms. The molecule has 0 atom stereocenters. The summed E-state index contributed by atoms with van der Waals surface area (Å²) in [7, 11) is 0. The van der Waals surface area contributed by atoms with Crippen LogP contribution in [-0.2, 0) is 12.7 Å². The molecule has 0 aliphatic carbocycles. The molecule has 0 amide bonds. The van der Waals surface area contributed by atoms with E-state index in [9.17, 15) is 13.2 Å². The van der Waals surface area contributed by atoms with Crippen molar-refractivity contribution in [1.82, 2.24) is 15.0 Å².